The smallest absolute Gasteiger partial charge is 0.414 e. The Morgan fingerprint density at radius 2 is 1.81 bits per heavy atom. The number of benzene rings is 1. The summed E-state index contributed by atoms with van der Waals surface area (Å²) < 4.78 is 30.2. The van der Waals surface area contributed by atoms with Crippen molar-refractivity contribution in [1.82, 2.24) is 10.4 Å². The minimum absolute atomic E-state index is 0.0777. The van der Waals surface area contributed by atoms with Crippen molar-refractivity contribution in [3.05, 3.63) is 29.8 Å². The first-order valence-corrected chi connectivity index (χ1v) is 11.3. The molecule has 174 valence electrons. The van der Waals surface area contributed by atoms with Crippen molar-refractivity contribution in [2.24, 2.45) is 10.7 Å². The number of aryl methyl sites for hydroxylation is 1. The van der Waals surface area contributed by atoms with E-state index in [1.54, 1.807) is 45.0 Å². The minimum Gasteiger partial charge on any atom is -0.444 e. The molecule has 31 heavy (non-hydrogen) atoms. The lowest BCUT2D eigenvalue weighted by Gasteiger charge is -2.21. The van der Waals surface area contributed by atoms with Gasteiger partial charge in [-0.1, -0.05) is 17.7 Å². The van der Waals surface area contributed by atoms with Crippen LogP contribution in [-0.4, -0.2) is 63.0 Å². The van der Waals surface area contributed by atoms with Gasteiger partial charge < -0.3 is 10.5 Å². The Morgan fingerprint density at radius 1 is 1.23 bits per heavy atom. The zero-order valence-corrected chi connectivity index (χ0v) is 19.7. The third kappa shape index (κ3) is 9.35. The highest BCUT2D eigenvalue weighted by Gasteiger charge is 2.24. The Hall–Kier alpha value is -2.66. The number of likely N-dealkylation sites (N-methyl/N-ethyl adjacent to an activating group) is 1. The maximum Gasteiger partial charge on any atom is 0.414 e. The second-order valence-corrected chi connectivity index (χ2v) is 10.1. The van der Waals surface area contributed by atoms with E-state index in [-0.39, 0.29) is 29.4 Å². The predicted molar refractivity (Wildman–Crippen MR) is 117 cm³/mol. The predicted octanol–water partition coefficient (Wildman–Crippen LogP) is 1.78. The lowest BCUT2D eigenvalue weighted by Crippen LogP contribution is -2.43. The van der Waals surface area contributed by atoms with Crippen molar-refractivity contribution in [1.29, 1.82) is 0 Å². The van der Waals surface area contributed by atoms with Crippen molar-refractivity contribution in [3.8, 4) is 0 Å². The van der Waals surface area contributed by atoms with Crippen LogP contribution in [0.1, 0.15) is 39.2 Å². The van der Waals surface area contributed by atoms with E-state index in [0.29, 0.717) is 0 Å². The number of nitrogens with two attached hydrogens (primary N) is 1. The van der Waals surface area contributed by atoms with E-state index >= 15 is 0 Å². The molecule has 0 aliphatic rings. The molecule has 0 aromatic heterocycles. The molecule has 0 spiro atoms. The van der Waals surface area contributed by atoms with Gasteiger partial charge in [0.15, 0.2) is 15.8 Å². The summed E-state index contributed by atoms with van der Waals surface area (Å²) in [5.41, 5.74) is 5.96. The number of alkyl carbamates (subject to hydrolysis) is 1. The first-order valence-electron chi connectivity index (χ1n) is 9.69. The summed E-state index contributed by atoms with van der Waals surface area (Å²) in [5, 5.41) is 3.22. The van der Waals surface area contributed by atoms with E-state index in [1.165, 1.54) is 14.2 Å². The Morgan fingerprint density at radius 3 is 2.32 bits per heavy atom. The summed E-state index contributed by atoms with van der Waals surface area (Å²) in [6, 6.07) is 5.49. The summed E-state index contributed by atoms with van der Waals surface area (Å²) in [4.78, 5) is 33.5. The second-order valence-electron chi connectivity index (χ2n) is 7.95. The SMILES string of the molecule is CON(C)C(=O)[C@H](CCCS(=O)(=O)c1ccc(C)cc1)N=C(N)NC(=O)OC(C)(C)C. The molecule has 0 aliphatic heterocycles. The molecule has 1 aromatic carbocycles. The van der Waals surface area contributed by atoms with Crippen molar-refractivity contribution < 1.29 is 27.6 Å². The number of hydroxylamine groups is 2. The lowest BCUT2D eigenvalue weighted by molar-refractivity contribution is -0.170. The standard InChI is InChI=1S/C20H32N4O6S/c1-14-9-11-15(12-10-14)31(27,28)13-7-8-16(17(25)24(5)29-6)22-18(21)23-19(26)30-20(2,3)4/h9-12,16H,7-8,13H2,1-6H3,(H3,21,22,23,26)/t16-/m0/s1. The van der Waals surface area contributed by atoms with Gasteiger partial charge in [-0.3, -0.25) is 14.9 Å². The quantitative estimate of drug-likeness (QED) is 0.345. The number of carbonyl (C=O) groups is 2. The fraction of sp³-hybridized carbons (Fsp3) is 0.550. The van der Waals surface area contributed by atoms with Crippen molar-refractivity contribution in [2.45, 2.75) is 57.1 Å². The molecule has 0 fully saturated rings. The topological polar surface area (TPSA) is 140 Å². The van der Waals surface area contributed by atoms with Gasteiger partial charge in [-0.2, -0.15) is 0 Å². The molecule has 3 N–H and O–H groups in total. The van der Waals surface area contributed by atoms with Gasteiger partial charge in [0.05, 0.1) is 17.8 Å². The molecule has 0 unspecified atom stereocenters. The van der Waals surface area contributed by atoms with Crippen LogP contribution in [0.25, 0.3) is 0 Å². The van der Waals surface area contributed by atoms with Gasteiger partial charge in [0.1, 0.15) is 11.6 Å². The third-order valence-corrected chi connectivity index (χ3v) is 5.88. The highest BCUT2D eigenvalue weighted by molar-refractivity contribution is 7.91. The fourth-order valence-corrected chi connectivity index (χ4v) is 3.81. The number of nitrogens with one attached hydrogen (secondary N) is 1. The average molecular weight is 457 g/mol. The lowest BCUT2D eigenvalue weighted by atomic mass is 10.1. The molecule has 0 radical (unpaired) electrons. The van der Waals surface area contributed by atoms with Crippen LogP contribution < -0.4 is 11.1 Å². The zero-order chi connectivity index (χ0) is 23.8. The van der Waals surface area contributed by atoms with E-state index in [4.69, 9.17) is 15.3 Å². The summed E-state index contributed by atoms with van der Waals surface area (Å²) in [6.45, 7) is 6.93. The van der Waals surface area contributed by atoms with Gasteiger partial charge in [-0.25, -0.2) is 23.3 Å². The number of carbonyl (C=O) groups excluding carboxylic acids is 2. The normalized spacial score (nSPS) is 13.4. The molecule has 0 aliphatic carbocycles. The molecule has 0 bridgehead atoms. The second kappa shape index (κ2) is 11.1. The highest BCUT2D eigenvalue weighted by Crippen LogP contribution is 2.15. The number of guanidine groups is 1. The van der Waals surface area contributed by atoms with E-state index < -0.39 is 33.5 Å². The van der Waals surface area contributed by atoms with Gasteiger partial charge in [0, 0.05) is 7.05 Å². The number of sulfone groups is 1. The van der Waals surface area contributed by atoms with Crippen LogP contribution in [-0.2, 0) is 24.2 Å². The minimum atomic E-state index is -3.52. The zero-order valence-electron chi connectivity index (χ0n) is 18.8. The van der Waals surface area contributed by atoms with Gasteiger partial charge in [-0.05, 0) is 52.7 Å². The third-order valence-electron chi connectivity index (χ3n) is 4.06. The van der Waals surface area contributed by atoms with Crippen molar-refractivity contribution >= 4 is 27.8 Å². The maximum absolute atomic E-state index is 12.5. The Kier molecular flexibility index (Phi) is 9.44. The van der Waals surface area contributed by atoms with Gasteiger partial charge in [-0.15, -0.1) is 0 Å². The summed E-state index contributed by atoms with van der Waals surface area (Å²) in [5.74, 6) is -1.03. The molecule has 0 saturated heterocycles. The molecule has 0 heterocycles. The first-order chi connectivity index (χ1) is 14.2. The van der Waals surface area contributed by atoms with Crippen LogP contribution in [0.4, 0.5) is 4.79 Å². The molecule has 1 rings (SSSR count). The van der Waals surface area contributed by atoms with Crippen LogP contribution in [0.2, 0.25) is 0 Å². The highest BCUT2D eigenvalue weighted by atomic mass is 32.2. The average Bonchev–Trinajstić information content (AvgIpc) is 2.64. The number of ether oxygens (including phenoxy) is 1. The Balaban J connectivity index is 2.88. The van der Waals surface area contributed by atoms with E-state index in [2.05, 4.69) is 10.3 Å². The molecular weight excluding hydrogens is 424 g/mol. The summed E-state index contributed by atoms with van der Waals surface area (Å²) >= 11 is 0. The molecule has 2 amide bonds. The monoisotopic (exact) mass is 456 g/mol. The van der Waals surface area contributed by atoms with E-state index in [0.717, 1.165) is 10.6 Å². The molecule has 1 atom stereocenters. The van der Waals surface area contributed by atoms with Gasteiger partial charge >= 0.3 is 6.09 Å². The molecule has 11 heteroatoms. The van der Waals surface area contributed by atoms with Crippen molar-refractivity contribution in [2.75, 3.05) is 19.9 Å². The number of rotatable bonds is 8. The number of amides is 2. The van der Waals surface area contributed by atoms with E-state index in [9.17, 15) is 18.0 Å². The number of nitrogens with zero attached hydrogens (tertiary/aromatic N) is 2. The number of aliphatic imine (C=N–C) groups is 1. The van der Waals surface area contributed by atoms with Gasteiger partial charge in [0.25, 0.3) is 5.91 Å². The van der Waals surface area contributed by atoms with Crippen LogP contribution in [0.5, 0.6) is 0 Å². The maximum atomic E-state index is 12.5. The fourth-order valence-electron chi connectivity index (χ4n) is 2.48. The van der Waals surface area contributed by atoms with Crippen LogP contribution >= 0.6 is 0 Å². The Bertz CT molecular complexity index is 891. The largest absolute Gasteiger partial charge is 0.444 e. The van der Waals surface area contributed by atoms with Crippen LogP contribution in [0.3, 0.4) is 0 Å². The molecule has 0 saturated carbocycles. The van der Waals surface area contributed by atoms with E-state index in [1.807, 2.05) is 6.92 Å². The summed E-state index contributed by atoms with van der Waals surface area (Å²) in [6.07, 6.45) is -0.594. The molecular formula is C20H32N4O6S. The molecule has 1 aromatic rings. The number of hydrogen-bond acceptors (Lipinski definition) is 7. The van der Waals surface area contributed by atoms with Crippen molar-refractivity contribution in [3.63, 3.8) is 0 Å². The number of hydrogen-bond donors (Lipinski definition) is 2. The summed E-state index contributed by atoms with van der Waals surface area (Å²) in [7, 11) is -0.815. The molecule has 10 nitrogen and oxygen atoms in total. The first kappa shape index (κ1) is 26.4. The van der Waals surface area contributed by atoms with Crippen LogP contribution in [0, 0.1) is 6.92 Å². The Labute approximate surface area is 183 Å². The van der Waals surface area contributed by atoms with Gasteiger partial charge in [0.2, 0.25) is 0 Å². The van der Waals surface area contributed by atoms with Crippen LogP contribution in [0.15, 0.2) is 34.2 Å².